The van der Waals surface area contributed by atoms with Gasteiger partial charge in [0.2, 0.25) is 0 Å². The third-order valence-electron chi connectivity index (χ3n) is 4.69. The van der Waals surface area contributed by atoms with E-state index in [0.717, 1.165) is 43.0 Å². The molecule has 5 nitrogen and oxygen atoms in total. The Morgan fingerprint density at radius 2 is 1.54 bits per heavy atom. The maximum Gasteiger partial charge on any atom is 0.343 e. The van der Waals surface area contributed by atoms with Gasteiger partial charge in [-0.3, -0.25) is 5.41 Å². The molecule has 0 saturated heterocycles. The average Bonchev–Trinajstić information content (AvgIpc) is 2.71. The lowest BCUT2D eigenvalue weighted by atomic mass is 10.1. The third-order valence-corrected chi connectivity index (χ3v) is 4.69. The summed E-state index contributed by atoms with van der Waals surface area (Å²) in [6, 6.07) is 18.5. The van der Waals surface area contributed by atoms with Crippen LogP contribution in [0, 0.1) is 5.41 Å². The molecule has 3 aromatic rings. The van der Waals surface area contributed by atoms with Gasteiger partial charge in [0.25, 0.3) is 0 Å². The van der Waals surface area contributed by atoms with E-state index in [2.05, 4.69) is 0 Å². The predicted octanol–water partition coefficient (Wildman–Crippen LogP) is 4.01. The van der Waals surface area contributed by atoms with Crippen LogP contribution in [0.2, 0.25) is 0 Å². The van der Waals surface area contributed by atoms with Crippen LogP contribution in [0.25, 0.3) is 10.8 Å². The second-order valence-electron chi connectivity index (χ2n) is 6.82. The van der Waals surface area contributed by atoms with Gasteiger partial charge in [-0.05, 0) is 72.5 Å². The van der Waals surface area contributed by atoms with Gasteiger partial charge >= 0.3 is 5.97 Å². The number of nitrogens with one attached hydrogen (secondary N) is 1. The summed E-state index contributed by atoms with van der Waals surface area (Å²) in [6.07, 6.45) is 4.26. The van der Waals surface area contributed by atoms with Gasteiger partial charge in [0.1, 0.15) is 11.6 Å². The number of rotatable bonds is 8. The fraction of sp³-hybridized carbons (Fsp3) is 0.217. The van der Waals surface area contributed by atoms with E-state index in [1.165, 1.54) is 5.56 Å². The van der Waals surface area contributed by atoms with Gasteiger partial charge in [-0.2, -0.15) is 0 Å². The van der Waals surface area contributed by atoms with Gasteiger partial charge in [-0.25, -0.2) is 4.79 Å². The first-order valence-electron chi connectivity index (χ1n) is 9.46. The number of nitrogens with two attached hydrogens (primary N) is 2. The van der Waals surface area contributed by atoms with Crippen molar-refractivity contribution >= 4 is 22.6 Å². The quantitative estimate of drug-likeness (QED) is 0.182. The maximum atomic E-state index is 12.4. The van der Waals surface area contributed by atoms with Crippen LogP contribution in [0.1, 0.15) is 40.7 Å². The number of aryl methyl sites for hydroxylation is 1. The number of unbranched alkanes of at least 4 members (excludes halogenated alkanes) is 2. The zero-order valence-corrected chi connectivity index (χ0v) is 15.8. The molecule has 28 heavy (non-hydrogen) atoms. The van der Waals surface area contributed by atoms with Crippen LogP contribution < -0.4 is 16.2 Å². The molecule has 3 rings (SSSR count). The van der Waals surface area contributed by atoms with Crippen molar-refractivity contribution < 1.29 is 9.53 Å². The van der Waals surface area contributed by atoms with E-state index in [1.807, 2.05) is 36.4 Å². The van der Waals surface area contributed by atoms with Gasteiger partial charge in [-0.15, -0.1) is 0 Å². The van der Waals surface area contributed by atoms with Gasteiger partial charge in [0.05, 0.1) is 5.56 Å². The van der Waals surface area contributed by atoms with E-state index in [4.69, 9.17) is 21.6 Å². The molecule has 0 aliphatic carbocycles. The van der Waals surface area contributed by atoms with Crippen molar-refractivity contribution in [2.45, 2.75) is 25.7 Å². The summed E-state index contributed by atoms with van der Waals surface area (Å²) in [5.74, 6) is 0.133. The monoisotopic (exact) mass is 375 g/mol. The number of amidine groups is 1. The van der Waals surface area contributed by atoms with E-state index in [-0.39, 0.29) is 11.8 Å². The number of ether oxygens (including phenoxy) is 1. The molecule has 0 amide bonds. The molecular weight excluding hydrogens is 350 g/mol. The van der Waals surface area contributed by atoms with E-state index in [0.29, 0.717) is 16.9 Å². The molecule has 144 valence electrons. The molecule has 5 heteroatoms. The molecule has 5 N–H and O–H groups in total. The number of carbonyl (C=O) groups excluding carboxylic acids is 1. The highest BCUT2D eigenvalue weighted by molar-refractivity contribution is 5.99. The molecule has 0 atom stereocenters. The molecule has 0 aliphatic rings. The summed E-state index contributed by atoms with van der Waals surface area (Å²) in [6.45, 7) is 0.734. The number of hydrogen-bond acceptors (Lipinski definition) is 4. The third kappa shape index (κ3) is 4.96. The lowest BCUT2D eigenvalue weighted by Gasteiger charge is -2.08. The van der Waals surface area contributed by atoms with E-state index in [9.17, 15) is 4.79 Å². The summed E-state index contributed by atoms with van der Waals surface area (Å²) in [7, 11) is 0. The SMILES string of the molecule is N=C(N)c1ccc2cc(OC(=O)c3ccc(CCCCCN)cc3)ccc2c1. The minimum atomic E-state index is -0.380. The van der Waals surface area contributed by atoms with Crippen molar-refractivity contribution in [3.8, 4) is 5.75 Å². The molecule has 0 heterocycles. The van der Waals surface area contributed by atoms with Crippen LogP contribution in [-0.4, -0.2) is 18.3 Å². The minimum absolute atomic E-state index is 0.0280. The van der Waals surface area contributed by atoms with Crippen LogP contribution in [0.3, 0.4) is 0 Å². The molecule has 0 aliphatic heterocycles. The van der Waals surface area contributed by atoms with Crippen molar-refractivity contribution in [2.24, 2.45) is 11.5 Å². The maximum absolute atomic E-state index is 12.4. The smallest absolute Gasteiger partial charge is 0.343 e. The Labute approximate surface area is 164 Å². The van der Waals surface area contributed by atoms with Gasteiger partial charge in [-0.1, -0.05) is 36.8 Å². The first-order valence-corrected chi connectivity index (χ1v) is 9.46. The summed E-state index contributed by atoms with van der Waals surface area (Å²) in [5.41, 5.74) is 13.4. The van der Waals surface area contributed by atoms with Crippen molar-refractivity contribution in [3.05, 3.63) is 77.4 Å². The van der Waals surface area contributed by atoms with Crippen LogP contribution in [0.5, 0.6) is 5.75 Å². The van der Waals surface area contributed by atoms with E-state index >= 15 is 0 Å². The Hall–Kier alpha value is -3.18. The molecule has 0 saturated carbocycles. The molecule has 0 bridgehead atoms. The lowest BCUT2D eigenvalue weighted by Crippen LogP contribution is -2.10. The molecule has 0 fully saturated rings. The Morgan fingerprint density at radius 1 is 0.857 bits per heavy atom. The van der Waals surface area contributed by atoms with E-state index in [1.54, 1.807) is 24.3 Å². The largest absolute Gasteiger partial charge is 0.423 e. The normalized spacial score (nSPS) is 10.8. The number of esters is 1. The van der Waals surface area contributed by atoms with E-state index < -0.39 is 0 Å². The number of hydrogen-bond donors (Lipinski definition) is 3. The summed E-state index contributed by atoms with van der Waals surface area (Å²) in [4.78, 5) is 12.4. The van der Waals surface area contributed by atoms with Gasteiger partial charge < -0.3 is 16.2 Å². The Bertz CT molecular complexity index is 981. The fourth-order valence-corrected chi connectivity index (χ4v) is 3.08. The Morgan fingerprint density at radius 3 is 2.25 bits per heavy atom. The van der Waals surface area contributed by atoms with Crippen LogP contribution in [-0.2, 0) is 6.42 Å². The second kappa shape index (κ2) is 9.15. The van der Waals surface area contributed by atoms with Crippen molar-refractivity contribution in [1.82, 2.24) is 0 Å². The predicted molar refractivity (Wildman–Crippen MR) is 113 cm³/mol. The van der Waals surface area contributed by atoms with Crippen molar-refractivity contribution in [1.29, 1.82) is 5.41 Å². The van der Waals surface area contributed by atoms with Gasteiger partial charge in [0, 0.05) is 5.56 Å². The zero-order chi connectivity index (χ0) is 19.9. The minimum Gasteiger partial charge on any atom is -0.423 e. The number of benzene rings is 3. The fourth-order valence-electron chi connectivity index (χ4n) is 3.08. The summed E-state index contributed by atoms with van der Waals surface area (Å²) < 4.78 is 5.52. The molecule has 0 spiro atoms. The summed E-state index contributed by atoms with van der Waals surface area (Å²) >= 11 is 0. The molecule has 0 unspecified atom stereocenters. The zero-order valence-electron chi connectivity index (χ0n) is 15.8. The second-order valence-corrected chi connectivity index (χ2v) is 6.82. The average molecular weight is 375 g/mol. The van der Waals surface area contributed by atoms with Gasteiger partial charge in [0.15, 0.2) is 0 Å². The topological polar surface area (TPSA) is 102 Å². The first kappa shape index (κ1) is 19.6. The van der Waals surface area contributed by atoms with Crippen LogP contribution in [0.15, 0.2) is 60.7 Å². The van der Waals surface area contributed by atoms with Crippen LogP contribution in [0.4, 0.5) is 0 Å². The highest BCUT2D eigenvalue weighted by Crippen LogP contribution is 2.23. The van der Waals surface area contributed by atoms with Crippen molar-refractivity contribution in [3.63, 3.8) is 0 Å². The standard InChI is InChI=1S/C23H25N3O2/c24-13-3-1-2-4-16-5-7-17(8-6-16)23(27)28-21-12-11-18-14-20(22(25)26)10-9-19(18)15-21/h5-12,14-15H,1-4,13,24H2,(H3,25,26). The Kier molecular flexibility index (Phi) is 6.40. The van der Waals surface area contributed by atoms with Crippen molar-refractivity contribution in [2.75, 3.05) is 6.54 Å². The number of nitrogen functional groups attached to an aromatic ring is 1. The highest BCUT2D eigenvalue weighted by Gasteiger charge is 2.09. The lowest BCUT2D eigenvalue weighted by molar-refractivity contribution is 0.0735. The molecular formula is C23H25N3O2. The Balaban J connectivity index is 1.65. The van der Waals surface area contributed by atoms with Crippen LogP contribution >= 0.6 is 0 Å². The molecule has 3 aromatic carbocycles. The summed E-state index contributed by atoms with van der Waals surface area (Å²) in [5, 5.41) is 9.37. The molecule has 0 aromatic heterocycles. The highest BCUT2D eigenvalue weighted by atomic mass is 16.5. The molecule has 0 radical (unpaired) electrons. The first-order chi connectivity index (χ1) is 13.6. The number of fused-ring (bicyclic) bond motifs is 1. The number of carbonyl (C=O) groups is 1.